The molecule has 0 radical (unpaired) electrons. The summed E-state index contributed by atoms with van der Waals surface area (Å²) in [5.74, 6) is 2.66. The predicted octanol–water partition coefficient (Wildman–Crippen LogP) is 6.09. The average Bonchev–Trinajstić information content (AvgIpc) is 3.39. The number of aryl methyl sites for hydroxylation is 1. The average molecular weight is 362 g/mol. The maximum atomic E-state index is 6.03. The molecule has 2 aromatic rings. The predicted molar refractivity (Wildman–Crippen MR) is 110 cm³/mol. The van der Waals surface area contributed by atoms with Crippen LogP contribution in [-0.2, 0) is 6.42 Å². The lowest BCUT2D eigenvalue weighted by Crippen LogP contribution is -1.90. The number of aromatic nitrogens is 1. The van der Waals surface area contributed by atoms with Crippen LogP contribution in [0.3, 0.4) is 0 Å². The van der Waals surface area contributed by atoms with E-state index in [0.29, 0.717) is 0 Å². The third-order valence-corrected chi connectivity index (χ3v) is 4.98. The van der Waals surface area contributed by atoms with Crippen LogP contribution in [-0.4, -0.2) is 17.8 Å². The number of aliphatic imine (C=N–C) groups is 1. The van der Waals surface area contributed by atoms with Crippen molar-refractivity contribution in [2.45, 2.75) is 44.9 Å². The minimum Gasteiger partial charge on any atom is -0.494 e. The lowest BCUT2D eigenvalue weighted by molar-refractivity contribution is 0.414. The largest absolute Gasteiger partial charge is 0.494 e. The van der Waals surface area contributed by atoms with Gasteiger partial charge in [-0.25, -0.2) is 0 Å². The highest BCUT2D eigenvalue weighted by Gasteiger charge is 2.13. The van der Waals surface area contributed by atoms with E-state index in [1.807, 2.05) is 18.2 Å². The number of fused-ring (bicyclic) bond motifs is 6. The molecule has 27 heavy (non-hydrogen) atoms. The number of aromatic amines is 1. The molecule has 4 rings (SSSR count). The van der Waals surface area contributed by atoms with Crippen LogP contribution in [0.1, 0.15) is 50.0 Å². The van der Waals surface area contributed by atoms with E-state index in [-0.39, 0.29) is 0 Å². The number of nitrogens with zero attached hydrogens (tertiary/aromatic N) is 1. The van der Waals surface area contributed by atoms with Gasteiger partial charge in [0.1, 0.15) is 11.5 Å². The molecular formula is C23H26N2O2. The Labute approximate surface area is 160 Å². The van der Waals surface area contributed by atoms with Gasteiger partial charge < -0.3 is 14.1 Å². The number of H-pyrrole nitrogens is 1. The van der Waals surface area contributed by atoms with Crippen molar-refractivity contribution in [3.8, 4) is 17.2 Å². The van der Waals surface area contributed by atoms with E-state index in [4.69, 9.17) is 14.1 Å². The molecule has 4 heteroatoms. The van der Waals surface area contributed by atoms with Crippen molar-refractivity contribution in [3.05, 3.63) is 59.7 Å². The lowest BCUT2D eigenvalue weighted by Gasteiger charge is -1.98. The van der Waals surface area contributed by atoms with Gasteiger partial charge in [-0.15, -0.1) is 0 Å². The van der Waals surface area contributed by atoms with Crippen LogP contribution in [0.15, 0.2) is 57.6 Å². The first-order valence-corrected chi connectivity index (χ1v) is 9.80. The van der Waals surface area contributed by atoms with E-state index in [1.54, 1.807) is 7.11 Å². The summed E-state index contributed by atoms with van der Waals surface area (Å²) in [5, 5.41) is 0. The van der Waals surface area contributed by atoms with Gasteiger partial charge in [0.05, 0.1) is 24.2 Å². The Kier molecular flexibility index (Phi) is 5.42. The molecule has 6 bridgehead atoms. The van der Waals surface area contributed by atoms with Crippen molar-refractivity contribution in [1.29, 1.82) is 0 Å². The van der Waals surface area contributed by atoms with E-state index in [0.717, 1.165) is 72.2 Å². The van der Waals surface area contributed by atoms with Crippen LogP contribution < -0.4 is 4.74 Å². The van der Waals surface area contributed by atoms with Crippen molar-refractivity contribution in [3.63, 3.8) is 0 Å². The highest BCUT2D eigenvalue weighted by molar-refractivity contribution is 5.99. The number of methoxy groups -OCH3 is 1. The van der Waals surface area contributed by atoms with Gasteiger partial charge in [-0.1, -0.05) is 12.2 Å². The maximum Gasteiger partial charge on any atom is 0.150 e. The number of hydrogen-bond donors (Lipinski definition) is 1. The Morgan fingerprint density at radius 1 is 1.04 bits per heavy atom. The van der Waals surface area contributed by atoms with Crippen molar-refractivity contribution in [2.24, 2.45) is 4.99 Å². The maximum absolute atomic E-state index is 6.03. The van der Waals surface area contributed by atoms with E-state index in [9.17, 15) is 0 Å². The molecule has 2 aliphatic heterocycles. The van der Waals surface area contributed by atoms with E-state index in [1.165, 1.54) is 12.8 Å². The summed E-state index contributed by atoms with van der Waals surface area (Å²) >= 11 is 0. The molecule has 140 valence electrons. The van der Waals surface area contributed by atoms with E-state index in [2.05, 4.69) is 35.4 Å². The molecule has 2 aliphatic rings. The van der Waals surface area contributed by atoms with Crippen molar-refractivity contribution >= 4 is 11.8 Å². The molecule has 4 nitrogen and oxygen atoms in total. The second-order valence-electron chi connectivity index (χ2n) is 7.05. The standard InChI is InChI=1S/C23H26N2O2/c1-26-23-16-21-22-14-13-19(27-22)10-8-6-4-2-3-5-7-9-17-11-12-18(24-17)15-20(23)25-21/h2,4,11-16,25H,3,5-10H2,1H3/b4-2?,18-15-. The van der Waals surface area contributed by atoms with Gasteiger partial charge in [-0.05, 0) is 68.9 Å². The van der Waals surface area contributed by atoms with E-state index >= 15 is 0 Å². The van der Waals surface area contributed by atoms with Gasteiger partial charge in [0, 0.05) is 18.2 Å². The normalized spacial score (nSPS) is 19.6. The third-order valence-electron chi connectivity index (χ3n) is 4.98. The molecule has 0 aliphatic carbocycles. The lowest BCUT2D eigenvalue weighted by atomic mass is 10.1. The van der Waals surface area contributed by atoms with Crippen LogP contribution in [0.5, 0.6) is 5.75 Å². The number of allylic oxidation sites excluding steroid dienone is 4. The second-order valence-corrected chi connectivity index (χ2v) is 7.05. The highest BCUT2D eigenvalue weighted by Crippen LogP contribution is 2.31. The second kappa shape index (κ2) is 8.30. The van der Waals surface area contributed by atoms with Crippen molar-refractivity contribution in [2.75, 3.05) is 7.11 Å². The first-order valence-electron chi connectivity index (χ1n) is 9.80. The SMILES string of the molecule is COc1cc2[nH]c1/C=C1/C=CC(=N1)CCCCC=CCCCc1ccc-2o1. The molecule has 0 atom stereocenters. The summed E-state index contributed by atoms with van der Waals surface area (Å²) in [6.45, 7) is 0. The van der Waals surface area contributed by atoms with Crippen LogP contribution in [0.4, 0.5) is 0 Å². The summed E-state index contributed by atoms with van der Waals surface area (Å²) in [7, 11) is 1.69. The van der Waals surface area contributed by atoms with Crippen LogP contribution in [0.2, 0.25) is 0 Å². The minimum atomic E-state index is 0.798. The topological polar surface area (TPSA) is 50.5 Å². The fraction of sp³-hybridized carbons (Fsp3) is 0.348. The van der Waals surface area contributed by atoms with Gasteiger partial charge in [-0.3, -0.25) is 4.99 Å². The summed E-state index contributed by atoms with van der Waals surface area (Å²) in [5.41, 5.74) is 3.95. The van der Waals surface area contributed by atoms with Gasteiger partial charge in [0.15, 0.2) is 5.76 Å². The molecule has 0 fully saturated rings. The molecule has 0 unspecified atom stereocenters. The van der Waals surface area contributed by atoms with Crippen LogP contribution in [0.25, 0.3) is 17.5 Å². The molecular weight excluding hydrogens is 336 g/mol. The zero-order chi connectivity index (χ0) is 18.5. The number of ether oxygens (including phenoxy) is 1. The zero-order valence-corrected chi connectivity index (χ0v) is 15.8. The fourth-order valence-electron chi connectivity index (χ4n) is 3.51. The Morgan fingerprint density at radius 3 is 2.81 bits per heavy atom. The molecule has 0 amide bonds. The summed E-state index contributed by atoms with van der Waals surface area (Å²) in [6.07, 6.45) is 18.6. The van der Waals surface area contributed by atoms with Gasteiger partial charge in [-0.2, -0.15) is 0 Å². The molecule has 0 aromatic carbocycles. The summed E-state index contributed by atoms with van der Waals surface area (Å²) in [6, 6.07) is 6.08. The Balaban J connectivity index is 1.64. The molecule has 0 saturated heterocycles. The molecule has 0 saturated carbocycles. The molecule has 0 spiro atoms. The summed E-state index contributed by atoms with van der Waals surface area (Å²) < 4.78 is 11.6. The van der Waals surface area contributed by atoms with Gasteiger partial charge in [0.25, 0.3) is 0 Å². The van der Waals surface area contributed by atoms with Crippen molar-refractivity contribution in [1.82, 2.24) is 4.98 Å². The summed E-state index contributed by atoms with van der Waals surface area (Å²) in [4.78, 5) is 8.15. The quantitative estimate of drug-likeness (QED) is 0.624. The number of rotatable bonds is 1. The number of nitrogens with one attached hydrogen (secondary N) is 1. The molecule has 4 heterocycles. The van der Waals surface area contributed by atoms with Gasteiger partial charge in [0.2, 0.25) is 0 Å². The van der Waals surface area contributed by atoms with Crippen molar-refractivity contribution < 1.29 is 9.15 Å². The minimum absolute atomic E-state index is 0.798. The third kappa shape index (κ3) is 4.33. The smallest absolute Gasteiger partial charge is 0.150 e. The number of hydrogen-bond acceptors (Lipinski definition) is 3. The van der Waals surface area contributed by atoms with Gasteiger partial charge >= 0.3 is 0 Å². The Morgan fingerprint density at radius 2 is 1.93 bits per heavy atom. The molecule has 1 N–H and O–H groups in total. The van der Waals surface area contributed by atoms with Crippen LogP contribution in [0, 0.1) is 0 Å². The zero-order valence-electron chi connectivity index (χ0n) is 15.8. The molecule has 2 aromatic heterocycles. The Bertz CT molecular complexity index is 909. The first-order chi connectivity index (χ1) is 13.3. The highest BCUT2D eigenvalue weighted by atomic mass is 16.5. The number of furan rings is 1. The Hall–Kier alpha value is -2.75. The van der Waals surface area contributed by atoms with E-state index < -0.39 is 0 Å². The first kappa shape index (κ1) is 17.7. The fourth-order valence-corrected chi connectivity index (χ4v) is 3.51. The van der Waals surface area contributed by atoms with Crippen LogP contribution >= 0.6 is 0 Å². The monoisotopic (exact) mass is 362 g/mol.